The van der Waals surface area contributed by atoms with Crippen LogP contribution in [0, 0.1) is 5.82 Å². The fourth-order valence-electron chi connectivity index (χ4n) is 2.97. The molecule has 124 valence electrons. The van der Waals surface area contributed by atoms with Crippen molar-refractivity contribution in [3.63, 3.8) is 0 Å². The van der Waals surface area contributed by atoms with E-state index in [1.807, 2.05) is 0 Å². The van der Waals surface area contributed by atoms with Crippen molar-refractivity contribution in [1.29, 1.82) is 0 Å². The van der Waals surface area contributed by atoms with Crippen LogP contribution in [0.5, 0.6) is 0 Å². The summed E-state index contributed by atoms with van der Waals surface area (Å²) in [6, 6.07) is 7.24. The quantitative estimate of drug-likeness (QED) is 0.877. The Bertz CT molecular complexity index is 613. The number of rotatable bonds is 6. The SMILES string of the molecule is CC1CCCCN1CCNc1nnc(Cc2ccc(F)cc2)s1. The molecule has 1 saturated heterocycles. The first-order valence-corrected chi connectivity index (χ1v) is 9.07. The van der Waals surface area contributed by atoms with Crippen LogP contribution in [0.2, 0.25) is 0 Å². The first-order chi connectivity index (χ1) is 11.2. The van der Waals surface area contributed by atoms with Crippen molar-refractivity contribution >= 4 is 16.5 Å². The summed E-state index contributed by atoms with van der Waals surface area (Å²) in [5.74, 6) is -0.208. The van der Waals surface area contributed by atoms with E-state index in [2.05, 4.69) is 27.3 Å². The molecule has 1 aliphatic heterocycles. The standard InChI is InChI=1S/C17H23FN4S/c1-13-4-2-3-10-22(13)11-9-19-17-21-20-16(23-17)12-14-5-7-15(18)8-6-14/h5-8,13H,2-4,9-12H2,1H3,(H,19,21). The molecule has 1 atom stereocenters. The minimum atomic E-state index is -0.208. The third kappa shape index (κ3) is 4.72. The lowest BCUT2D eigenvalue weighted by molar-refractivity contribution is 0.167. The average Bonchev–Trinajstić information content (AvgIpc) is 2.99. The van der Waals surface area contributed by atoms with Crippen LogP contribution in [-0.2, 0) is 6.42 Å². The Morgan fingerprint density at radius 3 is 2.87 bits per heavy atom. The summed E-state index contributed by atoms with van der Waals surface area (Å²) in [4.78, 5) is 2.54. The molecule has 0 aliphatic carbocycles. The van der Waals surface area contributed by atoms with E-state index in [0.29, 0.717) is 12.5 Å². The van der Waals surface area contributed by atoms with Gasteiger partial charge in [0, 0.05) is 25.6 Å². The molecule has 0 amide bonds. The zero-order valence-corrected chi connectivity index (χ0v) is 14.3. The molecule has 2 aromatic rings. The fourth-order valence-corrected chi connectivity index (χ4v) is 3.77. The molecule has 23 heavy (non-hydrogen) atoms. The monoisotopic (exact) mass is 334 g/mol. The molecule has 3 rings (SSSR count). The van der Waals surface area contributed by atoms with E-state index in [0.717, 1.165) is 28.8 Å². The van der Waals surface area contributed by atoms with Crippen LogP contribution in [0.4, 0.5) is 9.52 Å². The Labute approximate surface area is 140 Å². The molecule has 0 bridgehead atoms. The molecule has 0 spiro atoms. The first kappa shape index (κ1) is 16.3. The van der Waals surface area contributed by atoms with Crippen LogP contribution in [0.1, 0.15) is 36.8 Å². The maximum absolute atomic E-state index is 12.9. The zero-order chi connectivity index (χ0) is 16.1. The van der Waals surface area contributed by atoms with Gasteiger partial charge in [-0.05, 0) is 44.0 Å². The van der Waals surface area contributed by atoms with E-state index in [1.165, 1.54) is 37.9 Å². The van der Waals surface area contributed by atoms with E-state index in [1.54, 1.807) is 23.5 Å². The molecule has 1 N–H and O–H groups in total. The topological polar surface area (TPSA) is 41.0 Å². The minimum Gasteiger partial charge on any atom is -0.359 e. The minimum absolute atomic E-state index is 0.208. The van der Waals surface area contributed by atoms with E-state index >= 15 is 0 Å². The van der Waals surface area contributed by atoms with Gasteiger partial charge >= 0.3 is 0 Å². The molecule has 1 aromatic heterocycles. The molecule has 1 aromatic carbocycles. The third-order valence-corrected chi connectivity index (χ3v) is 5.23. The Morgan fingerprint density at radius 1 is 1.26 bits per heavy atom. The highest BCUT2D eigenvalue weighted by molar-refractivity contribution is 7.15. The lowest BCUT2D eigenvalue weighted by atomic mass is 10.0. The predicted molar refractivity (Wildman–Crippen MR) is 92.5 cm³/mol. The summed E-state index contributed by atoms with van der Waals surface area (Å²) in [5.41, 5.74) is 1.05. The van der Waals surface area contributed by atoms with Crippen molar-refractivity contribution in [3.05, 3.63) is 40.7 Å². The second kappa shape index (κ2) is 7.84. The maximum Gasteiger partial charge on any atom is 0.205 e. The molecule has 0 radical (unpaired) electrons. The normalized spacial score (nSPS) is 19.0. The number of hydrogen-bond donors (Lipinski definition) is 1. The number of halogens is 1. The molecule has 4 nitrogen and oxygen atoms in total. The molecule has 1 unspecified atom stereocenters. The van der Waals surface area contributed by atoms with Gasteiger partial charge in [0.1, 0.15) is 10.8 Å². The van der Waals surface area contributed by atoms with E-state index in [9.17, 15) is 4.39 Å². The van der Waals surface area contributed by atoms with E-state index in [-0.39, 0.29) is 5.82 Å². The predicted octanol–water partition coefficient (Wildman–Crippen LogP) is 3.55. The summed E-state index contributed by atoms with van der Waals surface area (Å²) < 4.78 is 12.9. The van der Waals surface area contributed by atoms with Gasteiger partial charge in [-0.15, -0.1) is 10.2 Å². The summed E-state index contributed by atoms with van der Waals surface area (Å²) in [5, 5.41) is 13.6. The van der Waals surface area contributed by atoms with Crippen molar-refractivity contribution in [1.82, 2.24) is 15.1 Å². The Balaban J connectivity index is 1.46. The Hall–Kier alpha value is -1.53. The second-order valence-electron chi connectivity index (χ2n) is 6.11. The average molecular weight is 334 g/mol. The molecular formula is C17H23FN4S. The van der Waals surface area contributed by atoms with Crippen LogP contribution in [-0.4, -0.2) is 40.8 Å². The highest BCUT2D eigenvalue weighted by atomic mass is 32.1. The smallest absolute Gasteiger partial charge is 0.205 e. The van der Waals surface area contributed by atoms with Gasteiger partial charge in [-0.2, -0.15) is 0 Å². The maximum atomic E-state index is 12.9. The first-order valence-electron chi connectivity index (χ1n) is 8.25. The van der Waals surface area contributed by atoms with E-state index < -0.39 is 0 Å². The molecular weight excluding hydrogens is 311 g/mol. The second-order valence-corrected chi connectivity index (χ2v) is 7.17. The van der Waals surface area contributed by atoms with Crippen LogP contribution in [0.15, 0.2) is 24.3 Å². The van der Waals surface area contributed by atoms with Gasteiger partial charge in [-0.3, -0.25) is 4.90 Å². The number of anilines is 1. The number of benzene rings is 1. The number of hydrogen-bond acceptors (Lipinski definition) is 5. The Kier molecular flexibility index (Phi) is 5.56. The van der Waals surface area contributed by atoms with Crippen molar-refractivity contribution in [2.45, 2.75) is 38.6 Å². The van der Waals surface area contributed by atoms with Gasteiger partial charge < -0.3 is 5.32 Å². The molecule has 6 heteroatoms. The lowest BCUT2D eigenvalue weighted by Gasteiger charge is -2.33. The number of piperidine rings is 1. The lowest BCUT2D eigenvalue weighted by Crippen LogP contribution is -2.40. The van der Waals surface area contributed by atoms with Crippen molar-refractivity contribution in [2.24, 2.45) is 0 Å². The largest absolute Gasteiger partial charge is 0.359 e. The fraction of sp³-hybridized carbons (Fsp3) is 0.529. The highest BCUT2D eigenvalue weighted by Crippen LogP contribution is 2.19. The molecule has 1 aliphatic rings. The van der Waals surface area contributed by atoms with Gasteiger partial charge in [0.2, 0.25) is 5.13 Å². The zero-order valence-electron chi connectivity index (χ0n) is 13.5. The molecule has 1 fully saturated rings. The van der Waals surface area contributed by atoms with Crippen molar-refractivity contribution in [3.8, 4) is 0 Å². The van der Waals surface area contributed by atoms with E-state index in [4.69, 9.17) is 0 Å². The van der Waals surface area contributed by atoms with Crippen LogP contribution >= 0.6 is 11.3 Å². The summed E-state index contributed by atoms with van der Waals surface area (Å²) in [7, 11) is 0. The van der Waals surface area contributed by atoms with Gasteiger partial charge in [0.25, 0.3) is 0 Å². The number of nitrogens with zero attached hydrogens (tertiary/aromatic N) is 3. The summed E-state index contributed by atoms with van der Waals surface area (Å²) >= 11 is 1.57. The Morgan fingerprint density at radius 2 is 2.09 bits per heavy atom. The van der Waals surface area contributed by atoms with Crippen molar-refractivity contribution < 1.29 is 4.39 Å². The molecule has 2 heterocycles. The van der Waals surface area contributed by atoms with Gasteiger partial charge in [0.15, 0.2) is 0 Å². The highest BCUT2D eigenvalue weighted by Gasteiger charge is 2.17. The summed E-state index contributed by atoms with van der Waals surface area (Å²) in [6.45, 7) is 5.46. The van der Waals surface area contributed by atoms with Gasteiger partial charge in [0.05, 0.1) is 0 Å². The third-order valence-electron chi connectivity index (χ3n) is 4.35. The number of nitrogens with one attached hydrogen (secondary N) is 1. The van der Waals surface area contributed by atoms with Gasteiger partial charge in [-0.25, -0.2) is 4.39 Å². The molecule has 0 saturated carbocycles. The van der Waals surface area contributed by atoms with Crippen LogP contribution < -0.4 is 5.32 Å². The summed E-state index contributed by atoms with van der Waals surface area (Å²) in [6.07, 6.45) is 4.67. The number of likely N-dealkylation sites (tertiary alicyclic amines) is 1. The van der Waals surface area contributed by atoms with Crippen LogP contribution in [0.25, 0.3) is 0 Å². The van der Waals surface area contributed by atoms with Crippen molar-refractivity contribution in [2.75, 3.05) is 25.0 Å². The van der Waals surface area contributed by atoms with Crippen LogP contribution in [0.3, 0.4) is 0 Å². The number of aromatic nitrogens is 2. The van der Waals surface area contributed by atoms with Gasteiger partial charge in [-0.1, -0.05) is 29.9 Å².